The van der Waals surface area contributed by atoms with Crippen molar-refractivity contribution >= 4 is 5.95 Å². The minimum atomic E-state index is 0.0519. The van der Waals surface area contributed by atoms with E-state index in [9.17, 15) is 0 Å². The number of ether oxygens (including phenoxy) is 1. The zero-order chi connectivity index (χ0) is 17.1. The number of rotatable bonds is 5. The fraction of sp³-hybridized carbons (Fsp3) is 0.412. The van der Waals surface area contributed by atoms with Gasteiger partial charge in [0.2, 0.25) is 5.95 Å². The second-order valence-corrected chi connectivity index (χ2v) is 6.27. The van der Waals surface area contributed by atoms with E-state index >= 15 is 0 Å². The predicted octanol–water partition coefficient (Wildman–Crippen LogP) is 1.98. The van der Waals surface area contributed by atoms with E-state index in [1.165, 1.54) is 0 Å². The summed E-state index contributed by atoms with van der Waals surface area (Å²) in [4.78, 5) is 0. The zero-order valence-electron chi connectivity index (χ0n) is 14.1. The molecule has 0 radical (unpaired) electrons. The number of anilines is 1. The van der Waals surface area contributed by atoms with E-state index in [4.69, 9.17) is 4.74 Å². The van der Waals surface area contributed by atoms with Crippen LogP contribution in [0, 0.1) is 5.92 Å². The lowest BCUT2D eigenvalue weighted by molar-refractivity contribution is -0.0239. The highest BCUT2D eigenvalue weighted by Crippen LogP contribution is 2.33. The smallest absolute Gasteiger partial charge is 0.247 e. The van der Waals surface area contributed by atoms with Crippen LogP contribution in [-0.4, -0.2) is 43.1 Å². The first-order valence-electron chi connectivity index (χ1n) is 8.49. The Bertz CT molecular complexity index is 813. The fourth-order valence-electron chi connectivity index (χ4n) is 3.27. The van der Waals surface area contributed by atoms with Gasteiger partial charge in [0.1, 0.15) is 0 Å². The van der Waals surface area contributed by atoms with E-state index in [1.54, 1.807) is 4.68 Å². The molecule has 1 aliphatic heterocycles. The SMILES string of the molecule is Cn1cc([C@@H]2OCCC[C@H]2CNc2nnnn2-c2ccccc2)cn1. The molecule has 1 aromatic carbocycles. The van der Waals surface area contributed by atoms with Crippen molar-refractivity contribution in [2.75, 3.05) is 18.5 Å². The molecule has 0 spiro atoms. The van der Waals surface area contributed by atoms with E-state index in [0.717, 1.165) is 37.2 Å². The summed E-state index contributed by atoms with van der Waals surface area (Å²) < 4.78 is 9.55. The van der Waals surface area contributed by atoms with Crippen LogP contribution in [0.5, 0.6) is 0 Å². The van der Waals surface area contributed by atoms with Crippen molar-refractivity contribution < 1.29 is 4.74 Å². The lowest BCUT2D eigenvalue weighted by Gasteiger charge is -2.31. The third-order valence-corrected chi connectivity index (χ3v) is 4.49. The molecule has 1 N–H and O–H groups in total. The molecule has 3 aromatic rings. The summed E-state index contributed by atoms with van der Waals surface area (Å²) >= 11 is 0. The van der Waals surface area contributed by atoms with Gasteiger partial charge in [-0.25, -0.2) is 0 Å². The van der Waals surface area contributed by atoms with Gasteiger partial charge in [0.25, 0.3) is 0 Å². The molecule has 8 nitrogen and oxygen atoms in total. The molecule has 1 fully saturated rings. The monoisotopic (exact) mass is 339 g/mol. The summed E-state index contributed by atoms with van der Waals surface area (Å²) in [6.07, 6.45) is 6.12. The number of tetrazole rings is 1. The Morgan fingerprint density at radius 3 is 2.96 bits per heavy atom. The van der Waals surface area contributed by atoms with Crippen LogP contribution in [0.1, 0.15) is 24.5 Å². The second-order valence-electron chi connectivity index (χ2n) is 6.27. The predicted molar refractivity (Wildman–Crippen MR) is 92.3 cm³/mol. The average Bonchev–Trinajstić information content (AvgIpc) is 3.30. The molecule has 0 aliphatic carbocycles. The van der Waals surface area contributed by atoms with Crippen LogP contribution in [0.15, 0.2) is 42.7 Å². The third kappa shape index (κ3) is 3.39. The number of hydrogen-bond donors (Lipinski definition) is 1. The first-order chi connectivity index (χ1) is 12.3. The maximum atomic E-state index is 6.02. The average molecular weight is 339 g/mol. The molecule has 0 amide bonds. The molecule has 1 saturated heterocycles. The van der Waals surface area contributed by atoms with Gasteiger partial charge >= 0.3 is 0 Å². The summed E-state index contributed by atoms with van der Waals surface area (Å²) in [5.74, 6) is 0.987. The van der Waals surface area contributed by atoms with Crippen LogP contribution in [-0.2, 0) is 11.8 Å². The van der Waals surface area contributed by atoms with Crippen LogP contribution >= 0.6 is 0 Å². The second kappa shape index (κ2) is 7.02. The topological polar surface area (TPSA) is 82.7 Å². The third-order valence-electron chi connectivity index (χ3n) is 4.49. The van der Waals surface area contributed by atoms with Crippen LogP contribution in [0.4, 0.5) is 5.95 Å². The molecule has 8 heteroatoms. The maximum absolute atomic E-state index is 6.02. The molecule has 130 valence electrons. The summed E-state index contributed by atoms with van der Waals surface area (Å²) in [5, 5.41) is 19.6. The van der Waals surface area contributed by atoms with Crippen molar-refractivity contribution in [3.05, 3.63) is 48.3 Å². The molecule has 2 atom stereocenters. The number of hydrogen-bond acceptors (Lipinski definition) is 6. The van der Waals surface area contributed by atoms with Gasteiger partial charge in [0, 0.05) is 37.9 Å². The molecule has 0 saturated carbocycles. The standard InChI is InChI=1S/C17H21N7O/c1-23-12-14(11-19-23)16-13(6-5-9-25-16)10-18-17-20-21-22-24(17)15-7-3-2-4-8-15/h2-4,7-8,11-13,16H,5-6,9-10H2,1H3,(H,18,20,22)/t13-,16+/m0/s1. The van der Waals surface area contributed by atoms with Crippen molar-refractivity contribution in [2.24, 2.45) is 13.0 Å². The number of aryl methyl sites for hydroxylation is 1. The van der Waals surface area contributed by atoms with E-state index in [0.29, 0.717) is 11.9 Å². The lowest BCUT2D eigenvalue weighted by Crippen LogP contribution is -2.28. The Balaban J connectivity index is 1.48. The van der Waals surface area contributed by atoms with Gasteiger partial charge in [-0.2, -0.15) is 9.78 Å². The number of para-hydroxylation sites is 1. The van der Waals surface area contributed by atoms with Crippen molar-refractivity contribution in [1.82, 2.24) is 30.0 Å². The van der Waals surface area contributed by atoms with Gasteiger partial charge in [-0.15, -0.1) is 0 Å². The van der Waals surface area contributed by atoms with Crippen molar-refractivity contribution in [2.45, 2.75) is 18.9 Å². The fourth-order valence-corrected chi connectivity index (χ4v) is 3.27. The molecule has 1 aliphatic rings. The molecule has 0 unspecified atom stereocenters. The quantitative estimate of drug-likeness (QED) is 0.765. The zero-order valence-corrected chi connectivity index (χ0v) is 14.1. The Morgan fingerprint density at radius 2 is 2.16 bits per heavy atom. The summed E-state index contributed by atoms with van der Waals surface area (Å²) in [7, 11) is 1.92. The Morgan fingerprint density at radius 1 is 1.28 bits per heavy atom. The molecular weight excluding hydrogens is 318 g/mol. The number of nitrogens with zero attached hydrogens (tertiary/aromatic N) is 6. The van der Waals surface area contributed by atoms with Gasteiger partial charge in [-0.1, -0.05) is 23.3 Å². The number of nitrogens with one attached hydrogen (secondary N) is 1. The van der Waals surface area contributed by atoms with Crippen LogP contribution < -0.4 is 5.32 Å². The van der Waals surface area contributed by atoms with Crippen molar-refractivity contribution in [3.63, 3.8) is 0 Å². The first kappa shape index (κ1) is 15.8. The van der Waals surface area contributed by atoms with Crippen LogP contribution in [0.2, 0.25) is 0 Å². The largest absolute Gasteiger partial charge is 0.373 e. The molecule has 3 heterocycles. The molecule has 2 aromatic heterocycles. The Labute approximate surface area is 145 Å². The highest BCUT2D eigenvalue weighted by Gasteiger charge is 2.28. The van der Waals surface area contributed by atoms with E-state index in [2.05, 4.69) is 25.9 Å². The van der Waals surface area contributed by atoms with Crippen LogP contribution in [0.25, 0.3) is 5.69 Å². The maximum Gasteiger partial charge on any atom is 0.247 e. The molecular formula is C17H21N7O. The van der Waals surface area contributed by atoms with Gasteiger partial charge in [-0.3, -0.25) is 4.68 Å². The highest BCUT2D eigenvalue weighted by molar-refractivity contribution is 5.38. The minimum Gasteiger partial charge on any atom is -0.373 e. The molecule has 25 heavy (non-hydrogen) atoms. The number of aromatic nitrogens is 6. The van der Waals surface area contributed by atoms with Gasteiger partial charge < -0.3 is 10.1 Å². The van der Waals surface area contributed by atoms with E-state index in [-0.39, 0.29) is 6.10 Å². The van der Waals surface area contributed by atoms with Gasteiger partial charge in [0.15, 0.2) is 0 Å². The van der Waals surface area contributed by atoms with E-state index in [1.807, 2.05) is 54.5 Å². The Hall–Kier alpha value is -2.74. The number of benzene rings is 1. The molecule has 0 bridgehead atoms. The summed E-state index contributed by atoms with van der Waals surface area (Å²) in [5.41, 5.74) is 2.05. The minimum absolute atomic E-state index is 0.0519. The highest BCUT2D eigenvalue weighted by atomic mass is 16.5. The Kier molecular flexibility index (Phi) is 4.43. The summed E-state index contributed by atoms with van der Waals surface area (Å²) in [6.45, 7) is 1.53. The van der Waals surface area contributed by atoms with Gasteiger partial charge in [0.05, 0.1) is 18.0 Å². The van der Waals surface area contributed by atoms with Crippen molar-refractivity contribution in [3.8, 4) is 5.69 Å². The van der Waals surface area contributed by atoms with E-state index < -0.39 is 0 Å². The van der Waals surface area contributed by atoms with Crippen molar-refractivity contribution in [1.29, 1.82) is 0 Å². The lowest BCUT2D eigenvalue weighted by atomic mass is 9.91. The van der Waals surface area contributed by atoms with Gasteiger partial charge in [-0.05, 0) is 35.4 Å². The van der Waals surface area contributed by atoms with Crippen LogP contribution in [0.3, 0.4) is 0 Å². The summed E-state index contributed by atoms with van der Waals surface area (Å²) in [6, 6.07) is 9.86. The first-order valence-corrected chi connectivity index (χ1v) is 8.49. The molecule has 4 rings (SSSR count). The normalized spacial score (nSPS) is 20.5.